The molecule has 1 aromatic rings. The van der Waals surface area contributed by atoms with E-state index in [-0.39, 0.29) is 5.56 Å². The van der Waals surface area contributed by atoms with E-state index in [4.69, 9.17) is 5.73 Å². The van der Waals surface area contributed by atoms with Gasteiger partial charge < -0.3 is 5.73 Å². The van der Waals surface area contributed by atoms with Gasteiger partial charge in [-0.15, -0.1) is 0 Å². The predicted molar refractivity (Wildman–Crippen MR) is 68.0 cm³/mol. The average molecular weight is 231 g/mol. The lowest BCUT2D eigenvalue weighted by Gasteiger charge is -2.08. The largest absolute Gasteiger partial charge is 0.366 e. The Balaban J connectivity index is 3.47. The quantitative estimate of drug-likeness (QED) is 0.795. The third-order valence-electron chi connectivity index (χ3n) is 2.37. The first-order valence-electron chi connectivity index (χ1n) is 5.06. The lowest BCUT2D eigenvalue weighted by atomic mass is 9.99. The number of amides is 1. The molecule has 0 radical (unpaired) electrons. The lowest BCUT2D eigenvalue weighted by Crippen LogP contribution is -2.14. The third-order valence-corrected chi connectivity index (χ3v) is 2.37. The molecule has 2 nitrogen and oxygen atoms in total. The van der Waals surface area contributed by atoms with E-state index in [1.807, 2.05) is 0 Å². The van der Waals surface area contributed by atoms with Crippen molar-refractivity contribution >= 4 is 11.5 Å². The highest BCUT2D eigenvalue weighted by Crippen LogP contribution is 2.22. The monoisotopic (exact) mass is 231 g/mol. The third kappa shape index (κ3) is 2.69. The van der Waals surface area contributed by atoms with E-state index in [1.54, 1.807) is 31.2 Å². The van der Waals surface area contributed by atoms with Crippen LogP contribution in [0.2, 0.25) is 0 Å². The standard InChI is InChI=1S/C14H14FNO/c1-4-6-10(5-2)11-7-9(3)13(15)12(8-11)14(16)17/h4-8H,1-2H2,3H3,(H2,16,17)/b10-6+. The van der Waals surface area contributed by atoms with Gasteiger partial charge in [-0.2, -0.15) is 0 Å². The molecule has 0 bridgehead atoms. The lowest BCUT2D eigenvalue weighted by molar-refractivity contribution is 0.0996. The smallest absolute Gasteiger partial charge is 0.251 e. The van der Waals surface area contributed by atoms with Gasteiger partial charge in [-0.1, -0.05) is 31.4 Å². The summed E-state index contributed by atoms with van der Waals surface area (Å²) in [6.07, 6.45) is 4.93. The number of hydrogen-bond acceptors (Lipinski definition) is 1. The van der Waals surface area contributed by atoms with E-state index in [0.29, 0.717) is 11.1 Å². The Morgan fingerprint density at radius 2 is 2.06 bits per heavy atom. The average Bonchev–Trinajstić information content (AvgIpc) is 2.29. The maximum absolute atomic E-state index is 13.6. The first-order chi connectivity index (χ1) is 8.01. The molecule has 0 heterocycles. The van der Waals surface area contributed by atoms with Crippen LogP contribution < -0.4 is 5.73 Å². The van der Waals surface area contributed by atoms with Gasteiger partial charge in [0, 0.05) is 0 Å². The van der Waals surface area contributed by atoms with E-state index >= 15 is 0 Å². The summed E-state index contributed by atoms with van der Waals surface area (Å²) in [6.45, 7) is 8.82. The molecular formula is C14H14FNO. The van der Waals surface area contributed by atoms with Crippen LogP contribution in [0.4, 0.5) is 4.39 Å². The second kappa shape index (κ2) is 5.25. The predicted octanol–water partition coefficient (Wildman–Crippen LogP) is 2.99. The second-order valence-corrected chi connectivity index (χ2v) is 3.58. The second-order valence-electron chi connectivity index (χ2n) is 3.58. The van der Waals surface area contributed by atoms with Gasteiger partial charge >= 0.3 is 0 Å². The molecule has 0 saturated heterocycles. The molecule has 0 fully saturated rings. The Morgan fingerprint density at radius 1 is 1.41 bits per heavy atom. The zero-order valence-corrected chi connectivity index (χ0v) is 9.66. The summed E-state index contributed by atoms with van der Waals surface area (Å²) in [7, 11) is 0. The van der Waals surface area contributed by atoms with Crippen LogP contribution in [0.1, 0.15) is 21.5 Å². The van der Waals surface area contributed by atoms with Gasteiger partial charge in [-0.25, -0.2) is 4.39 Å². The number of allylic oxidation sites excluding steroid dienone is 4. The zero-order valence-electron chi connectivity index (χ0n) is 9.66. The molecule has 1 rings (SSSR count). The number of primary amides is 1. The minimum absolute atomic E-state index is 0.114. The number of carbonyl (C=O) groups is 1. The molecule has 17 heavy (non-hydrogen) atoms. The molecule has 0 aromatic heterocycles. The number of hydrogen-bond donors (Lipinski definition) is 1. The summed E-state index contributed by atoms with van der Waals surface area (Å²) in [5, 5.41) is 0. The highest BCUT2D eigenvalue weighted by Gasteiger charge is 2.13. The topological polar surface area (TPSA) is 43.1 Å². The molecule has 0 aliphatic rings. The summed E-state index contributed by atoms with van der Waals surface area (Å²) in [5.74, 6) is -1.36. The summed E-state index contributed by atoms with van der Waals surface area (Å²) < 4.78 is 13.6. The fourth-order valence-electron chi connectivity index (χ4n) is 1.52. The minimum atomic E-state index is -0.783. The van der Waals surface area contributed by atoms with E-state index < -0.39 is 11.7 Å². The summed E-state index contributed by atoms with van der Waals surface area (Å²) in [4.78, 5) is 11.1. The van der Waals surface area contributed by atoms with Crippen molar-refractivity contribution in [3.8, 4) is 0 Å². The maximum atomic E-state index is 13.6. The fourth-order valence-corrected chi connectivity index (χ4v) is 1.52. The van der Waals surface area contributed by atoms with Gasteiger partial charge in [0.05, 0.1) is 5.56 Å². The maximum Gasteiger partial charge on any atom is 0.251 e. The van der Waals surface area contributed by atoms with Crippen LogP contribution in [-0.2, 0) is 0 Å². The van der Waals surface area contributed by atoms with E-state index in [0.717, 1.165) is 5.57 Å². The molecule has 2 N–H and O–H groups in total. The van der Waals surface area contributed by atoms with Crippen molar-refractivity contribution in [1.82, 2.24) is 0 Å². The van der Waals surface area contributed by atoms with Crippen molar-refractivity contribution < 1.29 is 9.18 Å². The van der Waals surface area contributed by atoms with Crippen LogP contribution in [0.15, 0.2) is 43.5 Å². The van der Waals surface area contributed by atoms with Gasteiger partial charge in [0.25, 0.3) is 5.91 Å². The van der Waals surface area contributed by atoms with Crippen molar-refractivity contribution in [2.45, 2.75) is 6.92 Å². The summed E-state index contributed by atoms with van der Waals surface area (Å²) in [6, 6.07) is 3.06. The number of carbonyl (C=O) groups excluding carboxylic acids is 1. The first kappa shape index (κ1) is 12.9. The molecule has 0 saturated carbocycles. The van der Waals surface area contributed by atoms with Crippen molar-refractivity contribution in [1.29, 1.82) is 0 Å². The number of benzene rings is 1. The Bertz CT molecular complexity index is 515. The van der Waals surface area contributed by atoms with Gasteiger partial charge in [-0.05, 0) is 35.8 Å². The molecule has 0 unspecified atom stereocenters. The fraction of sp³-hybridized carbons (Fsp3) is 0.0714. The van der Waals surface area contributed by atoms with Crippen molar-refractivity contribution in [3.63, 3.8) is 0 Å². The number of aryl methyl sites for hydroxylation is 1. The molecule has 88 valence electrons. The van der Waals surface area contributed by atoms with E-state index in [2.05, 4.69) is 13.2 Å². The van der Waals surface area contributed by atoms with Gasteiger partial charge in [-0.3, -0.25) is 4.79 Å². The Kier molecular flexibility index (Phi) is 3.99. The Morgan fingerprint density at radius 3 is 2.53 bits per heavy atom. The molecule has 1 amide bonds. The molecule has 1 aromatic carbocycles. The van der Waals surface area contributed by atoms with Gasteiger partial charge in [0.15, 0.2) is 0 Å². The van der Waals surface area contributed by atoms with E-state index in [9.17, 15) is 9.18 Å². The molecule has 0 spiro atoms. The van der Waals surface area contributed by atoms with Gasteiger partial charge in [0.2, 0.25) is 0 Å². The molecular weight excluding hydrogens is 217 g/mol. The number of nitrogens with two attached hydrogens (primary N) is 1. The van der Waals surface area contributed by atoms with Crippen LogP contribution in [0.3, 0.4) is 0 Å². The van der Waals surface area contributed by atoms with Crippen LogP contribution in [0.25, 0.3) is 5.57 Å². The SMILES string of the molecule is C=C/C=C(\C=C)c1cc(C)c(F)c(C(N)=O)c1. The minimum Gasteiger partial charge on any atom is -0.366 e. The summed E-state index contributed by atoms with van der Waals surface area (Å²) in [5.41, 5.74) is 6.82. The van der Waals surface area contributed by atoms with Crippen LogP contribution >= 0.6 is 0 Å². The number of rotatable bonds is 4. The van der Waals surface area contributed by atoms with Crippen molar-refractivity contribution in [2.75, 3.05) is 0 Å². The molecule has 0 aliphatic heterocycles. The van der Waals surface area contributed by atoms with Crippen LogP contribution in [0.5, 0.6) is 0 Å². The highest BCUT2D eigenvalue weighted by atomic mass is 19.1. The zero-order chi connectivity index (χ0) is 13.0. The highest BCUT2D eigenvalue weighted by molar-refractivity contribution is 5.94. The summed E-state index contributed by atoms with van der Waals surface area (Å²) >= 11 is 0. The van der Waals surface area contributed by atoms with Gasteiger partial charge in [0.1, 0.15) is 5.82 Å². The molecule has 0 atom stereocenters. The van der Waals surface area contributed by atoms with Crippen LogP contribution in [-0.4, -0.2) is 5.91 Å². The van der Waals surface area contributed by atoms with Crippen LogP contribution in [0, 0.1) is 12.7 Å². The van der Waals surface area contributed by atoms with Crippen molar-refractivity contribution in [2.24, 2.45) is 5.73 Å². The Labute approximate surface area is 99.9 Å². The van der Waals surface area contributed by atoms with E-state index in [1.165, 1.54) is 6.07 Å². The molecule has 3 heteroatoms. The molecule has 0 aliphatic carbocycles. The number of halogens is 1. The normalized spacial score (nSPS) is 11.1. The Hall–Kier alpha value is -2.16. The first-order valence-corrected chi connectivity index (χ1v) is 5.06. The van der Waals surface area contributed by atoms with Crippen molar-refractivity contribution in [3.05, 3.63) is 66.0 Å².